The minimum Gasteiger partial charge on any atom is -0.393 e. The summed E-state index contributed by atoms with van der Waals surface area (Å²) < 4.78 is 1.66. The number of piperidine rings is 1. The number of nitrogens with zero attached hydrogens (tertiary/aromatic N) is 3. The van der Waals surface area contributed by atoms with E-state index in [9.17, 15) is 4.79 Å². The molecule has 1 aliphatic heterocycles. The second kappa shape index (κ2) is 5.69. The maximum absolute atomic E-state index is 12.5. The van der Waals surface area contributed by atoms with Crippen LogP contribution in [0.25, 0.3) is 0 Å². The van der Waals surface area contributed by atoms with Gasteiger partial charge in [0, 0.05) is 26.1 Å². The molecular weight excluding hydrogens is 260 g/mol. The number of rotatable bonds is 3. The molecule has 0 aliphatic carbocycles. The summed E-state index contributed by atoms with van der Waals surface area (Å²) in [4.78, 5) is 14.8. The molecule has 6 heteroatoms. The van der Waals surface area contributed by atoms with Crippen LogP contribution in [0.2, 0.25) is 0 Å². The minimum atomic E-state index is 0.0238. The Morgan fingerprint density at radius 2 is 2.37 bits per heavy atom. The number of hydrogen-bond acceptors (Lipinski definition) is 3. The second-order valence-electron chi connectivity index (χ2n) is 4.99. The molecule has 1 amide bonds. The van der Waals surface area contributed by atoms with Crippen molar-refractivity contribution in [2.75, 3.05) is 13.1 Å². The predicted molar refractivity (Wildman–Crippen MR) is 78.0 cm³/mol. The zero-order chi connectivity index (χ0) is 14.0. The fourth-order valence-corrected chi connectivity index (χ4v) is 2.65. The SMILES string of the molecule is CCc1cc(C(=O)N2CCCC(C(N)=S)C2)n(C)n1. The molecule has 1 aromatic rings. The van der Waals surface area contributed by atoms with Crippen LogP contribution in [0.3, 0.4) is 0 Å². The Labute approximate surface area is 118 Å². The van der Waals surface area contributed by atoms with Crippen LogP contribution in [-0.2, 0) is 13.5 Å². The van der Waals surface area contributed by atoms with Crippen molar-refractivity contribution >= 4 is 23.1 Å². The van der Waals surface area contributed by atoms with Crippen LogP contribution in [0.1, 0.15) is 35.9 Å². The van der Waals surface area contributed by atoms with Gasteiger partial charge in [-0.3, -0.25) is 9.48 Å². The van der Waals surface area contributed by atoms with E-state index < -0.39 is 0 Å². The average molecular weight is 280 g/mol. The number of nitrogens with two attached hydrogens (primary N) is 1. The van der Waals surface area contributed by atoms with E-state index in [0.29, 0.717) is 17.2 Å². The number of carbonyl (C=O) groups is 1. The van der Waals surface area contributed by atoms with Gasteiger partial charge in [0.25, 0.3) is 5.91 Å². The summed E-state index contributed by atoms with van der Waals surface area (Å²) >= 11 is 5.04. The number of carbonyl (C=O) groups excluding carboxylic acids is 1. The molecule has 5 nitrogen and oxygen atoms in total. The van der Waals surface area contributed by atoms with E-state index in [1.54, 1.807) is 11.7 Å². The summed E-state index contributed by atoms with van der Waals surface area (Å²) in [6.07, 6.45) is 2.76. The Kier molecular flexibility index (Phi) is 4.19. The summed E-state index contributed by atoms with van der Waals surface area (Å²) in [6, 6.07) is 1.87. The van der Waals surface area contributed by atoms with Gasteiger partial charge in [-0.05, 0) is 25.3 Å². The van der Waals surface area contributed by atoms with E-state index >= 15 is 0 Å². The Hall–Kier alpha value is -1.43. The van der Waals surface area contributed by atoms with E-state index in [4.69, 9.17) is 18.0 Å². The quantitative estimate of drug-likeness (QED) is 0.843. The number of thiocarbonyl (C=S) groups is 1. The fourth-order valence-electron chi connectivity index (χ4n) is 2.46. The highest BCUT2D eigenvalue weighted by Gasteiger charge is 2.27. The maximum atomic E-state index is 12.5. The first-order valence-corrected chi connectivity index (χ1v) is 7.05. The third-order valence-corrected chi connectivity index (χ3v) is 3.96. The van der Waals surface area contributed by atoms with Gasteiger partial charge in [-0.1, -0.05) is 19.1 Å². The van der Waals surface area contributed by atoms with E-state index in [2.05, 4.69) is 5.10 Å². The van der Waals surface area contributed by atoms with Crippen molar-refractivity contribution in [1.82, 2.24) is 14.7 Å². The summed E-state index contributed by atoms with van der Waals surface area (Å²) in [5, 5.41) is 4.32. The molecule has 0 radical (unpaired) electrons. The lowest BCUT2D eigenvalue weighted by atomic mass is 9.98. The number of likely N-dealkylation sites (tertiary alicyclic amines) is 1. The van der Waals surface area contributed by atoms with Crippen molar-refractivity contribution in [3.63, 3.8) is 0 Å². The lowest BCUT2D eigenvalue weighted by molar-refractivity contribution is 0.0692. The first-order chi connectivity index (χ1) is 9.02. The highest BCUT2D eigenvalue weighted by Crippen LogP contribution is 2.19. The van der Waals surface area contributed by atoms with Crippen molar-refractivity contribution in [3.8, 4) is 0 Å². The van der Waals surface area contributed by atoms with Crippen LogP contribution in [0, 0.1) is 5.92 Å². The zero-order valence-electron chi connectivity index (χ0n) is 11.4. The zero-order valence-corrected chi connectivity index (χ0v) is 12.2. The summed E-state index contributed by atoms with van der Waals surface area (Å²) in [6.45, 7) is 3.42. The van der Waals surface area contributed by atoms with Gasteiger partial charge in [-0.2, -0.15) is 5.10 Å². The van der Waals surface area contributed by atoms with Crippen molar-refractivity contribution in [3.05, 3.63) is 17.5 Å². The fraction of sp³-hybridized carbons (Fsp3) is 0.615. The minimum absolute atomic E-state index is 0.0238. The topological polar surface area (TPSA) is 64.2 Å². The first-order valence-electron chi connectivity index (χ1n) is 6.64. The molecule has 1 atom stereocenters. The Balaban J connectivity index is 2.14. The van der Waals surface area contributed by atoms with Crippen LogP contribution in [0.5, 0.6) is 0 Å². The number of amides is 1. The van der Waals surface area contributed by atoms with E-state index in [1.807, 2.05) is 17.9 Å². The van der Waals surface area contributed by atoms with Gasteiger partial charge in [0.05, 0.1) is 10.7 Å². The molecule has 2 N–H and O–H groups in total. The van der Waals surface area contributed by atoms with Crippen LogP contribution in [0.4, 0.5) is 0 Å². The number of aryl methyl sites for hydroxylation is 2. The second-order valence-corrected chi connectivity index (χ2v) is 5.46. The smallest absolute Gasteiger partial charge is 0.272 e. The summed E-state index contributed by atoms with van der Waals surface area (Å²) in [7, 11) is 1.81. The van der Waals surface area contributed by atoms with Gasteiger partial charge in [0.1, 0.15) is 5.69 Å². The van der Waals surface area contributed by atoms with Crippen LogP contribution in [0.15, 0.2) is 6.07 Å². The molecule has 0 saturated carbocycles. The lowest BCUT2D eigenvalue weighted by Crippen LogP contribution is -2.44. The van der Waals surface area contributed by atoms with Gasteiger partial charge >= 0.3 is 0 Å². The maximum Gasteiger partial charge on any atom is 0.272 e. The van der Waals surface area contributed by atoms with Crippen molar-refractivity contribution < 1.29 is 4.79 Å². The van der Waals surface area contributed by atoms with E-state index in [0.717, 1.165) is 31.5 Å². The molecular formula is C13H20N4OS. The monoisotopic (exact) mass is 280 g/mol. The molecule has 2 heterocycles. The first kappa shape index (κ1) is 14.0. The van der Waals surface area contributed by atoms with Gasteiger partial charge in [0.15, 0.2) is 0 Å². The van der Waals surface area contributed by atoms with Crippen LogP contribution in [-0.4, -0.2) is 38.7 Å². The molecule has 1 saturated heterocycles. The molecule has 0 aromatic carbocycles. The molecule has 1 aliphatic rings. The van der Waals surface area contributed by atoms with Gasteiger partial charge in [-0.15, -0.1) is 0 Å². The molecule has 1 fully saturated rings. The van der Waals surface area contributed by atoms with Crippen molar-refractivity contribution in [1.29, 1.82) is 0 Å². The largest absolute Gasteiger partial charge is 0.393 e. The van der Waals surface area contributed by atoms with Crippen LogP contribution >= 0.6 is 12.2 Å². The highest BCUT2D eigenvalue weighted by molar-refractivity contribution is 7.80. The third kappa shape index (κ3) is 2.94. The van der Waals surface area contributed by atoms with Gasteiger partial charge < -0.3 is 10.6 Å². The lowest BCUT2D eigenvalue weighted by Gasteiger charge is -2.32. The number of aromatic nitrogens is 2. The molecule has 2 rings (SSSR count). The summed E-state index contributed by atoms with van der Waals surface area (Å²) in [5.41, 5.74) is 7.28. The predicted octanol–water partition coefficient (Wildman–Crippen LogP) is 1.12. The van der Waals surface area contributed by atoms with Gasteiger partial charge in [0.2, 0.25) is 0 Å². The van der Waals surface area contributed by atoms with Crippen molar-refractivity contribution in [2.45, 2.75) is 26.2 Å². The molecule has 104 valence electrons. The Bertz CT molecular complexity index is 497. The van der Waals surface area contributed by atoms with Gasteiger partial charge in [-0.25, -0.2) is 0 Å². The number of hydrogen-bond donors (Lipinski definition) is 1. The normalized spacial score (nSPS) is 19.5. The van der Waals surface area contributed by atoms with Crippen LogP contribution < -0.4 is 5.73 Å². The highest BCUT2D eigenvalue weighted by atomic mass is 32.1. The molecule has 19 heavy (non-hydrogen) atoms. The molecule has 1 aromatic heterocycles. The van der Waals surface area contributed by atoms with E-state index in [1.165, 1.54) is 0 Å². The van der Waals surface area contributed by atoms with Crippen molar-refractivity contribution in [2.24, 2.45) is 18.7 Å². The standard InChI is InChI=1S/C13H20N4OS/c1-3-10-7-11(16(2)15-10)13(18)17-6-4-5-9(8-17)12(14)19/h7,9H,3-6,8H2,1-2H3,(H2,14,19). The summed E-state index contributed by atoms with van der Waals surface area (Å²) in [5.74, 6) is 0.169. The molecule has 0 spiro atoms. The molecule has 1 unspecified atom stereocenters. The Morgan fingerprint density at radius 3 is 2.95 bits per heavy atom. The average Bonchev–Trinajstić information content (AvgIpc) is 2.79. The van der Waals surface area contributed by atoms with E-state index in [-0.39, 0.29) is 11.8 Å². The molecule has 0 bridgehead atoms. The Morgan fingerprint density at radius 1 is 1.63 bits per heavy atom. The third-order valence-electron chi connectivity index (χ3n) is 3.62.